The summed E-state index contributed by atoms with van der Waals surface area (Å²) in [6.45, 7) is 4.97. The Labute approximate surface area is 117 Å². The summed E-state index contributed by atoms with van der Waals surface area (Å²) < 4.78 is 13.9. The van der Waals surface area contributed by atoms with Gasteiger partial charge in [-0.2, -0.15) is 0 Å². The van der Waals surface area contributed by atoms with E-state index in [9.17, 15) is 4.39 Å². The first-order valence-electron chi connectivity index (χ1n) is 6.59. The largest absolute Gasteiger partial charge is 0.309 e. The van der Waals surface area contributed by atoms with Gasteiger partial charge < -0.3 is 5.32 Å². The number of nitrogens with zero attached hydrogens (tertiary/aromatic N) is 1. The molecular weight excluding hydrogens is 259 g/mol. The van der Waals surface area contributed by atoms with Crippen molar-refractivity contribution < 1.29 is 4.39 Å². The molecule has 2 nitrogen and oxygen atoms in total. The van der Waals surface area contributed by atoms with Crippen molar-refractivity contribution >= 4 is 11.3 Å². The van der Waals surface area contributed by atoms with Gasteiger partial charge in [-0.3, -0.25) is 0 Å². The van der Waals surface area contributed by atoms with Crippen molar-refractivity contribution in [1.29, 1.82) is 0 Å². The number of hydrogen-bond acceptors (Lipinski definition) is 3. The van der Waals surface area contributed by atoms with Gasteiger partial charge in [0.1, 0.15) is 5.82 Å². The van der Waals surface area contributed by atoms with Crippen molar-refractivity contribution in [2.75, 3.05) is 6.54 Å². The van der Waals surface area contributed by atoms with E-state index in [2.05, 4.69) is 17.2 Å². The third-order valence-electron chi connectivity index (χ3n) is 2.97. The minimum Gasteiger partial charge on any atom is -0.309 e. The Morgan fingerprint density at radius 3 is 2.79 bits per heavy atom. The molecule has 19 heavy (non-hydrogen) atoms. The fraction of sp³-hybridized carbons (Fsp3) is 0.400. The molecule has 0 aliphatic rings. The normalized spacial score (nSPS) is 12.6. The van der Waals surface area contributed by atoms with Crippen molar-refractivity contribution in [1.82, 2.24) is 10.3 Å². The summed E-state index contributed by atoms with van der Waals surface area (Å²) in [6, 6.07) is 6.97. The molecule has 2 rings (SSSR count). The lowest BCUT2D eigenvalue weighted by Gasteiger charge is -2.18. The molecule has 4 heteroatoms. The van der Waals surface area contributed by atoms with Crippen LogP contribution >= 0.6 is 11.3 Å². The zero-order valence-electron chi connectivity index (χ0n) is 11.3. The predicted molar refractivity (Wildman–Crippen MR) is 78.0 cm³/mol. The SMILES string of the molecule is CCCNC(Cc1nc(C)cs1)c1ccccc1F. The lowest BCUT2D eigenvalue weighted by atomic mass is 10.0. The van der Waals surface area contributed by atoms with Crippen LogP contribution in [0.1, 0.15) is 35.7 Å². The molecule has 0 aliphatic heterocycles. The van der Waals surface area contributed by atoms with Gasteiger partial charge in [0.25, 0.3) is 0 Å². The maximum absolute atomic E-state index is 13.9. The minimum absolute atomic E-state index is 0.00769. The molecule has 0 aliphatic carbocycles. The molecule has 0 radical (unpaired) electrons. The monoisotopic (exact) mass is 278 g/mol. The molecule has 0 fully saturated rings. The highest BCUT2D eigenvalue weighted by atomic mass is 32.1. The zero-order chi connectivity index (χ0) is 13.7. The van der Waals surface area contributed by atoms with E-state index in [1.165, 1.54) is 6.07 Å². The van der Waals surface area contributed by atoms with E-state index in [0.29, 0.717) is 0 Å². The Morgan fingerprint density at radius 2 is 2.16 bits per heavy atom. The maximum Gasteiger partial charge on any atom is 0.127 e. The average Bonchev–Trinajstić information content (AvgIpc) is 2.81. The van der Waals surface area contributed by atoms with Gasteiger partial charge in [0.05, 0.1) is 5.01 Å². The highest BCUT2D eigenvalue weighted by Gasteiger charge is 2.16. The first-order valence-corrected chi connectivity index (χ1v) is 7.47. The number of hydrogen-bond donors (Lipinski definition) is 1. The van der Waals surface area contributed by atoms with Gasteiger partial charge in [0.2, 0.25) is 0 Å². The fourth-order valence-corrected chi connectivity index (χ4v) is 2.86. The molecule has 1 heterocycles. The number of halogens is 1. The van der Waals surface area contributed by atoms with Crippen LogP contribution in [0.2, 0.25) is 0 Å². The van der Waals surface area contributed by atoms with Gasteiger partial charge in [-0.15, -0.1) is 11.3 Å². The second kappa shape index (κ2) is 6.78. The number of benzene rings is 1. The fourth-order valence-electron chi connectivity index (χ4n) is 2.04. The second-order valence-corrected chi connectivity index (χ2v) is 5.56. The lowest BCUT2D eigenvalue weighted by molar-refractivity contribution is 0.496. The van der Waals surface area contributed by atoms with Crippen LogP contribution in [0.25, 0.3) is 0 Å². The molecule has 1 N–H and O–H groups in total. The predicted octanol–water partition coefficient (Wildman–Crippen LogP) is 3.87. The quantitative estimate of drug-likeness (QED) is 0.867. The summed E-state index contributed by atoms with van der Waals surface area (Å²) >= 11 is 1.64. The summed E-state index contributed by atoms with van der Waals surface area (Å²) in [5.74, 6) is -0.149. The van der Waals surface area contributed by atoms with E-state index in [1.54, 1.807) is 17.4 Å². The summed E-state index contributed by atoms with van der Waals surface area (Å²) in [4.78, 5) is 4.47. The molecule has 0 bridgehead atoms. The van der Waals surface area contributed by atoms with E-state index in [4.69, 9.17) is 0 Å². The molecule has 1 aromatic carbocycles. The molecule has 0 saturated carbocycles. The van der Waals surface area contributed by atoms with Crippen LogP contribution in [0.4, 0.5) is 4.39 Å². The van der Waals surface area contributed by atoms with Crippen LogP contribution in [-0.4, -0.2) is 11.5 Å². The standard InChI is InChI=1S/C15H19FN2S/c1-3-8-17-14(9-15-18-11(2)10-19-15)12-6-4-5-7-13(12)16/h4-7,10,14,17H,3,8-9H2,1-2H3. The molecule has 2 aromatic rings. The number of rotatable bonds is 6. The molecule has 102 valence electrons. The molecule has 1 atom stereocenters. The van der Waals surface area contributed by atoms with E-state index in [1.807, 2.05) is 24.4 Å². The summed E-state index contributed by atoms with van der Waals surface area (Å²) in [5, 5.41) is 6.50. The topological polar surface area (TPSA) is 24.9 Å². The average molecular weight is 278 g/mol. The Morgan fingerprint density at radius 1 is 1.37 bits per heavy atom. The third kappa shape index (κ3) is 3.85. The second-order valence-electron chi connectivity index (χ2n) is 4.61. The van der Waals surface area contributed by atoms with Gasteiger partial charge in [-0.05, 0) is 26.0 Å². The highest BCUT2D eigenvalue weighted by Crippen LogP contribution is 2.23. The maximum atomic E-state index is 13.9. The van der Waals surface area contributed by atoms with Crippen LogP contribution in [0, 0.1) is 12.7 Å². The third-order valence-corrected chi connectivity index (χ3v) is 3.96. The van der Waals surface area contributed by atoms with Gasteiger partial charge in [0, 0.05) is 29.1 Å². The van der Waals surface area contributed by atoms with Crippen molar-refractivity contribution in [2.24, 2.45) is 0 Å². The van der Waals surface area contributed by atoms with Gasteiger partial charge in [-0.25, -0.2) is 9.37 Å². The Bertz CT molecular complexity index is 524. The first kappa shape index (κ1) is 14.2. The lowest BCUT2D eigenvalue weighted by Crippen LogP contribution is -2.25. The van der Waals surface area contributed by atoms with E-state index in [0.717, 1.165) is 35.7 Å². The zero-order valence-corrected chi connectivity index (χ0v) is 12.1. The van der Waals surface area contributed by atoms with E-state index in [-0.39, 0.29) is 11.9 Å². The first-order chi connectivity index (χ1) is 9.20. The van der Waals surface area contributed by atoms with E-state index < -0.39 is 0 Å². The van der Waals surface area contributed by atoms with Crippen LogP contribution < -0.4 is 5.32 Å². The number of aryl methyl sites for hydroxylation is 1. The Kier molecular flexibility index (Phi) is 5.05. The number of aromatic nitrogens is 1. The number of nitrogens with one attached hydrogen (secondary N) is 1. The highest BCUT2D eigenvalue weighted by molar-refractivity contribution is 7.09. The van der Waals surface area contributed by atoms with Crippen molar-refractivity contribution in [2.45, 2.75) is 32.7 Å². The summed E-state index contributed by atoms with van der Waals surface area (Å²) in [6.07, 6.45) is 1.77. The van der Waals surface area contributed by atoms with Crippen molar-refractivity contribution in [3.8, 4) is 0 Å². The minimum atomic E-state index is -0.149. The van der Waals surface area contributed by atoms with Gasteiger partial charge in [0.15, 0.2) is 0 Å². The summed E-state index contributed by atoms with van der Waals surface area (Å²) in [7, 11) is 0. The van der Waals surface area contributed by atoms with Gasteiger partial charge >= 0.3 is 0 Å². The van der Waals surface area contributed by atoms with E-state index >= 15 is 0 Å². The molecule has 1 unspecified atom stereocenters. The van der Waals surface area contributed by atoms with Crippen LogP contribution in [-0.2, 0) is 6.42 Å². The van der Waals surface area contributed by atoms with Crippen LogP contribution in [0.15, 0.2) is 29.6 Å². The molecule has 1 aromatic heterocycles. The Balaban J connectivity index is 2.18. The molecule has 0 saturated heterocycles. The van der Waals surface area contributed by atoms with Gasteiger partial charge in [-0.1, -0.05) is 25.1 Å². The molecule has 0 amide bonds. The molecule has 0 spiro atoms. The molecular formula is C15H19FN2S. The number of thiazole rings is 1. The smallest absolute Gasteiger partial charge is 0.127 e. The van der Waals surface area contributed by atoms with Crippen LogP contribution in [0.3, 0.4) is 0 Å². The van der Waals surface area contributed by atoms with Crippen LogP contribution in [0.5, 0.6) is 0 Å². The Hall–Kier alpha value is -1.26. The van der Waals surface area contributed by atoms with Crippen molar-refractivity contribution in [3.63, 3.8) is 0 Å². The summed E-state index contributed by atoms with van der Waals surface area (Å²) in [5.41, 5.74) is 1.76. The van der Waals surface area contributed by atoms with Crippen molar-refractivity contribution in [3.05, 3.63) is 51.7 Å².